The van der Waals surface area contributed by atoms with Crippen LogP contribution in [0, 0.1) is 12.7 Å². The second-order valence-electron chi connectivity index (χ2n) is 6.98. The molecule has 0 radical (unpaired) electrons. The van der Waals surface area contributed by atoms with E-state index >= 15 is 0 Å². The molecule has 1 aliphatic rings. The van der Waals surface area contributed by atoms with Crippen molar-refractivity contribution in [2.45, 2.75) is 39.3 Å². The lowest BCUT2D eigenvalue weighted by molar-refractivity contribution is -0.136. The monoisotopic (exact) mass is 368 g/mol. The van der Waals surface area contributed by atoms with Gasteiger partial charge in [0.15, 0.2) is 0 Å². The van der Waals surface area contributed by atoms with Gasteiger partial charge in [-0.15, -0.1) is 0 Å². The van der Waals surface area contributed by atoms with Gasteiger partial charge in [-0.1, -0.05) is 0 Å². The number of hydrogen-bond donors (Lipinski definition) is 1. The van der Waals surface area contributed by atoms with Crippen molar-refractivity contribution in [2.75, 3.05) is 11.4 Å². The minimum atomic E-state index is -0.817. The highest BCUT2D eigenvalue weighted by atomic mass is 19.1. The molecule has 0 unspecified atom stereocenters. The number of aryl methyl sites for hydroxylation is 3. The molecule has 1 aromatic carbocycles. The molecule has 3 heterocycles. The Labute approximate surface area is 156 Å². The van der Waals surface area contributed by atoms with E-state index in [2.05, 4.69) is 15.0 Å². The number of nitrogens with zero attached hydrogens (tertiary/aromatic N) is 4. The van der Waals surface area contributed by atoms with Gasteiger partial charge in [-0.2, -0.15) is 5.10 Å². The SMILES string of the molecule is Cc1cc(N2CCCn3nc(CCC(=O)O)cc3C2)nc2cc(F)ccc12. The molecule has 3 aromatic rings. The highest BCUT2D eigenvalue weighted by Crippen LogP contribution is 2.26. The van der Waals surface area contributed by atoms with Crippen LogP contribution in [0.1, 0.15) is 29.8 Å². The van der Waals surface area contributed by atoms with Crippen LogP contribution in [0.5, 0.6) is 0 Å². The molecule has 1 N–H and O–H groups in total. The Morgan fingerprint density at radius 3 is 2.93 bits per heavy atom. The number of anilines is 1. The molecular weight excluding hydrogens is 347 g/mol. The molecule has 0 saturated carbocycles. The Morgan fingerprint density at radius 2 is 2.11 bits per heavy atom. The van der Waals surface area contributed by atoms with E-state index in [0.717, 1.165) is 47.7 Å². The molecule has 0 spiro atoms. The molecule has 0 amide bonds. The second kappa shape index (κ2) is 6.98. The zero-order valence-corrected chi connectivity index (χ0v) is 15.2. The van der Waals surface area contributed by atoms with Gasteiger partial charge in [0.2, 0.25) is 0 Å². The average Bonchev–Trinajstić information content (AvgIpc) is 2.89. The first-order chi connectivity index (χ1) is 13.0. The lowest BCUT2D eigenvalue weighted by atomic mass is 10.1. The van der Waals surface area contributed by atoms with E-state index in [1.807, 2.05) is 23.7 Å². The molecule has 2 aromatic heterocycles. The molecule has 6 nitrogen and oxygen atoms in total. The molecule has 0 bridgehead atoms. The van der Waals surface area contributed by atoms with Crippen LogP contribution >= 0.6 is 0 Å². The van der Waals surface area contributed by atoms with Gasteiger partial charge in [0.05, 0.1) is 29.9 Å². The number of carboxylic acids is 1. The Bertz CT molecular complexity index is 1010. The van der Waals surface area contributed by atoms with Gasteiger partial charge >= 0.3 is 5.97 Å². The second-order valence-corrected chi connectivity index (χ2v) is 6.98. The van der Waals surface area contributed by atoms with Crippen molar-refractivity contribution < 1.29 is 14.3 Å². The summed E-state index contributed by atoms with van der Waals surface area (Å²) in [4.78, 5) is 17.7. The highest BCUT2D eigenvalue weighted by Gasteiger charge is 2.19. The van der Waals surface area contributed by atoms with Crippen LogP contribution in [0.15, 0.2) is 30.3 Å². The molecule has 140 valence electrons. The van der Waals surface area contributed by atoms with Crippen LogP contribution in [0.4, 0.5) is 10.2 Å². The normalized spacial score (nSPS) is 14.2. The maximum atomic E-state index is 13.6. The van der Waals surface area contributed by atoms with Gasteiger partial charge in [-0.05, 0) is 43.2 Å². The molecule has 0 fully saturated rings. The van der Waals surface area contributed by atoms with Crippen molar-refractivity contribution in [2.24, 2.45) is 0 Å². The summed E-state index contributed by atoms with van der Waals surface area (Å²) in [6, 6.07) is 8.72. The molecule has 0 saturated heterocycles. The predicted octanol–water partition coefficient (Wildman–Crippen LogP) is 3.31. The maximum absolute atomic E-state index is 13.6. The van der Waals surface area contributed by atoms with Gasteiger partial charge < -0.3 is 10.0 Å². The van der Waals surface area contributed by atoms with E-state index < -0.39 is 5.97 Å². The van der Waals surface area contributed by atoms with Crippen molar-refractivity contribution >= 4 is 22.7 Å². The number of carbonyl (C=O) groups is 1. The molecule has 0 aliphatic carbocycles. The number of hydrogen-bond acceptors (Lipinski definition) is 4. The van der Waals surface area contributed by atoms with Crippen molar-refractivity contribution in [1.29, 1.82) is 0 Å². The third-order valence-corrected chi connectivity index (χ3v) is 4.95. The number of halogens is 1. The number of pyridine rings is 1. The minimum absolute atomic E-state index is 0.0805. The molecule has 7 heteroatoms. The van der Waals surface area contributed by atoms with Crippen molar-refractivity contribution in [3.05, 3.63) is 53.1 Å². The van der Waals surface area contributed by atoms with Crippen LogP contribution in [0.25, 0.3) is 10.9 Å². The fraction of sp³-hybridized carbons (Fsp3) is 0.350. The molecule has 4 rings (SSSR count). The van der Waals surface area contributed by atoms with Crippen LogP contribution in [0.2, 0.25) is 0 Å². The quantitative estimate of drug-likeness (QED) is 0.765. The minimum Gasteiger partial charge on any atom is -0.481 e. The number of carboxylic acid groups (broad SMARTS) is 1. The topological polar surface area (TPSA) is 71.2 Å². The van der Waals surface area contributed by atoms with Crippen LogP contribution in [-0.4, -0.2) is 32.4 Å². The summed E-state index contributed by atoms with van der Waals surface area (Å²) in [6.45, 7) is 4.28. The summed E-state index contributed by atoms with van der Waals surface area (Å²) in [5.41, 5.74) is 3.57. The first-order valence-corrected chi connectivity index (χ1v) is 9.09. The Balaban J connectivity index is 1.63. The fourth-order valence-electron chi connectivity index (χ4n) is 3.59. The van der Waals surface area contributed by atoms with Gasteiger partial charge in [0, 0.05) is 31.0 Å². The molecular formula is C20H21FN4O2. The largest absolute Gasteiger partial charge is 0.481 e. The van der Waals surface area contributed by atoms with E-state index in [1.165, 1.54) is 12.1 Å². The van der Waals surface area contributed by atoms with Gasteiger partial charge in [-0.25, -0.2) is 9.37 Å². The van der Waals surface area contributed by atoms with Crippen molar-refractivity contribution in [1.82, 2.24) is 14.8 Å². The van der Waals surface area contributed by atoms with Gasteiger partial charge in [0.25, 0.3) is 0 Å². The van der Waals surface area contributed by atoms with Crippen LogP contribution in [0.3, 0.4) is 0 Å². The summed E-state index contributed by atoms with van der Waals surface area (Å²) in [5, 5.41) is 14.4. The standard InChI is InChI=1S/C20H21FN4O2/c1-13-9-19(22-18-10-14(21)3-5-17(13)18)24-7-2-8-25-16(12-24)11-15(23-25)4-6-20(26)27/h3,5,9-11H,2,4,6-8,12H2,1H3,(H,26,27). The first-order valence-electron chi connectivity index (χ1n) is 9.09. The molecule has 1 aliphatic heterocycles. The molecule has 0 atom stereocenters. The average molecular weight is 368 g/mol. The zero-order valence-electron chi connectivity index (χ0n) is 15.2. The molecule has 27 heavy (non-hydrogen) atoms. The highest BCUT2D eigenvalue weighted by molar-refractivity contribution is 5.84. The number of aromatic nitrogens is 3. The van der Waals surface area contributed by atoms with E-state index in [1.54, 1.807) is 6.07 Å². The number of benzene rings is 1. The number of aliphatic carboxylic acids is 1. The maximum Gasteiger partial charge on any atom is 0.303 e. The van der Waals surface area contributed by atoms with Crippen molar-refractivity contribution in [3.63, 3.8) is 0 Å². The summed E-state index contributed by atoms with van der Waals surface area (Å²) >= 11 is 0. The van der Waals surface area contributed by atoms with Crippen molar-refractivity contribution in [3.8, 4) is 0 Å². The zero-order chi connectivity index (χ0) is 19.0. The summed E-state index contributed by atoms with van der Waals surface area (Å²) < 4.78 is 15.6. The summed E-state index contributed by atoms with van der Waals surface area (Å²) in [7, 11) is 0. The van der Waals surface area contributed by atoms with E-state index in [9.17, 15) is 9.18 Å². The predicted molar refractivity (Wildman–Crippen MR) is 100 cm³/mol. The van der Waals surface area contributed by atoms with Gasteiger partial charge in [0.1, 0.15) is 11.6 Å². The Hall–Kier alpha value is -2.96. The number of fused-ring (bicyclic) bond motifs is 2. The van der Waals surface area contributed by atoms with Gasteiger partial charge in [-0.3, -0.25) is 9.48 Å². The Kier molecular flexibility index (Phi) is 4.51. The third-order valence-electron chi connectivity index (χ3n) is 4.95. The Morgan fingerprint density at radius 1 is 1.26 bits per heavy atom. The van der Waals surface area contributed by atoms with Crippen LogP contribution in [-0.2, 0) is 24.3 Å². The van der Waals surface area contributed by atoms with E-state index in [4.69, 9.17) is 5.11 Å². The smallest absolute Gasteiger partial charge is 0.303 e. The summed E-state index contributed by atoms with van der Waals surface area (Å²) in [6.07, 6.45) is 1.42. The van der Waals surface area contributed by atoms with E-state index in [0.29, 0.717) is 18.5 Å². The fourth-order valence-corrected chi connectivity index (χ4v) is 3.59. The first kappa shape index (κ1) is 17.5. The van der Waals surface area contributed by atoms with E-state index in [-0.39, 0.29) is 12.2 Å². The number of rotatable bonds is 4. The third kappa shape index (κ3) is 3.63. The lowest BCUT2D eigenvalue weighted by Crippen LogP contribution is -2.23. The lowest BCUT2D eigenvalue weighted by Gasteiger charge is -2.22. The van der Waals surface area contributed by atoms with Crippen LogP contribution < -0.4 is 4.90 Å². The summed E-state index contributed by atoms with van der Waals surface area (Å²) in [5.74, 6) is -0.279.